The predicted octanol–water partition coefficient (Wildman–Crippen LogP) is 3.44. The van der Waals surface area contributed by atoms with Crippen LogP contribution in [-0.2, 0) is 0 Å². The lowest BCUT2D eigenvalue weighted by Gasteiger charge is -2.07. The van der Waals surface area contributed by atoms with Gasteiger partial charge in [0.25, 0.3) is 0 Å². The monoisotopic (exact) mass is 196 g/mol. The molecule has 0 radical (unpaired) electrons. The van der Waals surface area contributed by atoms with E-state index in [1.807, 2.05) is 25.1 Å². The molecule has 13 heavy (non-hydrogen) atoms. The Labute approximate surface area is 83.7 Å². The molecule has 0 unspecified atom stereocenters. The molecule has 0 spiro atoms. The first kappa shape index (κ1) is 8.89. The van der Waals surface area contributed by atoms with Gasteiger partial charge in [-0.1, -0.05) is 17.7 Å². The van der Waals surface area contributed by atoms with E-state index in [2.05, 4.69) is 0 Å². The molecule has 0 saturated heterocycles. The van der Waals surface area contributed by atoms with Crippen LogP contribution in [-0.4, -0.2) is 6.61 Å². The molecule has 0 bridgehead atoms. The highest BCUT2D eigenvalue weighted by molar-refractivity contribution is 6.32. The molecule has 1 aromatic carbocycles. The van der Waals surface area contributed by atoms with Crippen molar-refractivity contribution in [1.82, 2.24) is 0 Å². The summed E-state index contributed by atoms with van der Waals surface area (Å²) >= 11 is 5.98. The summed E-state index contributed by atoms with van der Waals surface area (Å²) in [7, 11) is 0. The van der Waals surface area contributed by atoms with Crippen LogP contribution >= 0.6 is 11.6 Å². The standard InChI is InChI=1S/C11H13ClO/c1-8-2-5-10(12)11(6-8)13-7-9-3-4-9/h2,5-6,9H,3-4,7H2,1H3. The first-order valence-corrected chi connectivity index (χ1v) is 5.02. The second-order valence-electron chi connectivity index (χ2n) is 3.69. The van der Waals surface area contributed by atoms with Crippen molar-refractivity contribution in [3.05, 3.63) is 28.8 Å². The van der Waals surface area contributed by atoms with Crippen molar-refractivity contribution in [2.75, 3.05) is 6.61 Å². The maximum atomic E-state index is 5.98. The zero-order chi connectivity index (χ0) is 9.26. The van der Waals surface area contributed by atoms with Gasteiger partial charge in [0.15, 0.2) is 0 Å². The molecule has 1 aromatic rings. The second kappa shape index (κ2) is 3.59. The van der Waals surface area contributed by atoms with Crippen LogP contribution in [0.3, 0.4) is 0 Å². The topological polar surface area (TPSA) is 9.23 Å². The third kappa shape index (κ3) is 2.38. The smallest absolute Gasteiger partial charge is 0.138 e. The average Bonchev–Trinajstić information content (AvgIpc) is 2.90. The number of hydrogen-bond acceptors (Lipinski definition) is 1. The molecule has 1 aliphatic rings. The van der Waals surface area contributed by atoms with Crippen LogP contribution in [0.5, 0.6) is 5.75 Å². The van der Waals surface area contributed by atoms with Gasteiger partial charge in [0.05, 0.1) is 11.6 Å². The normalized spacial score (nSPS) is 15.8. The van der Waals surface area contributed by atoms with Gasteiger partial charge in [0.2, 0.25) is 0 Å². The highest BCUT2D eigenvalue weighted by Crippen LogP contribution is 2.31. The van der Waals surface area contributed by atoms with Crippen molar-refractivity contribution >= 4 is 11.6 Å². The summed E-state index contributed by atoms with van der Waals surface area (Å²) in [5, 5.41) is 0.714. The zero-order valence-electron chi connectivity index (χ0n) is 7.72. The maximum Gasteiger partial charge on any atom is 0.138 e. The number of aryl methyl sites for hydroxylation is 1. The van der Waals surface area contributed by atoms with E-state index in [9.17, 15) is 0 Å². The minimum Gasteiger partial charge on any atom is -0.492 e. The maximum absolute atomic E-state index is 5.98. The van der Waals surface area contributed by atoms with E-state index in [4.69, 9.17) is 16.3 Å². The van der Waals surface area contributed by atoms with Gasteiger partial charge in [-0.3, -0.25) is 0 Å². The van der Waals surface area contributed by atoms with Crippen molar-refractivity contribution in [3.8, 4) is 5.75 Å². The highest BCUT2D eigenvalue weighted by Gasteiger charge is 2.22. The third-order valence-corrected chi connectivity index (χ3v) is 2.57. The van der Waals surface area contributed by atoms with Gasteiger partial charge in [-0.25, -0.2) is 0 Å². The minimum absolute atomic E-state index is 0.714. The fraction of sp³-hybridized carbons (Fsp3) is 0.455. The Kier molecular flexibility index (Phi) is 2.45. The van der Waals surface area contributed by atoms with E-state index in [0.29, 0.717) is 5.02 Å². The number of hydrogen-bond donors (Lipinski definition) is 0. The molecule has 1 saturated carbocycles. The Balaban J connectivity index is 2.03. The van der Waals surface area contributed by atoms with Gasteiger partial charge >= 0.3 is 0 Å². The minimum atomic E-state index is 0.714. The molecule has 1 fully saturated rings. The van der Waals surface area contributed by atoms with E-state index < -0.39 is 0 Å². The summed E-state index contributed by atoms with van der Waals surface area (Å²) in [6, 6.07) is 5.87. The van der Waals surface area contributed by atoms with Crippen LogP contribution < -0.4 is 4.74 Å². The van der Waals surface area contributed by atoms with E-state index in [1.54, 1.807) is 0 Å². The SMILES string of the molecule is Cc1ccc(Cl)c(OCC2CC2)c1. The van der Waals surface area contributed by atoms with Crippen LogP contribution in [0.2, 0.25) is 5.02 Å². The summed E-state index contributed by atoms with van der Waals surface area (Å²) in [4.78, 5) is 0. The van der Waals surface area contributed by atoms with Crippen molar-refractivity contribution in [3.63, 3.8) is 0 Å². The molecule has 0 aliphatic heterocycles. The van der Waals surface area contributed by atoms with Gasteiger partial charge in [-0.15, -0.1) is 0 Å². The quantitative estimate of drug-likeness (QED) is 0.720. The number of benzene rings is 1. The molecule has 0 aromatic heterocycles. The van der Waals surface area contributed by atoms with Gasteiger partial charge in [0, 0.05) is 0 Å². The van der Waals surface area contributed by atoms with Gasteiger partial charge in [-0.2, -0.15) is 0 Å². The van der Waals surface area contributed by atoms with Crippen molar-refractivity contribution < 1.29 is 4.74 Å². The van der Waals surface area contributed by atoms with Crippen molar-refractivity contribution in [2.24, 2.45) is 5.92 Å². The lowest BCUT2D eigenvalue weighted by molar-refractivity contribution is 0.300. The zero-order valence-corrected chi connectivity index (χ0v) is 8.47. The Morgan fingerprint density at radius 3 is 2.92 bits per heavy atom. The number of ether oxygens (including phenoxy) is 1. The fourth-order valence-corrected chi connectivity index (χ4v) is 1.39. The number of halogens is 1. The Bertz CT molecular complexity index is 305. The molecule has 1 aliphatic carbocycles. The van der Waals surface area contributed by atoms with E-state index >= 15 is 0 Å². The Morgan fingerprint density at radius 2 is 2.23 bits per heavy atom. The fourth-order valence-electron chi connectivity index (χ4n) is 1.21. The van der Waals surface area contributed by atoms with Crippen LogP contribution in [0.1, 0.15) is 18.4 Å². The highest BCUT2D eigenvalue weighted by atomic mass is 35.5. The molecule has 0 heterocycles. The molecule has 2 rings (SSSR count). The summed E-state index contributed by atoms with van der Waals surface area (Å²) in [5.41, 5.74) is 1.19. The molecule has 2 heteroatoms. The number of rotatable bonds is 3. The van der Waals surface area contributed by atoms with Crippen molar-refractivity contribution in [1.29, 1.82) is 0 Å². The molecular weight excluding hydrogens is 184 g/mol. The van der Waals surface area contributed by atoms with Crippen molar-refractivity contribution in [2.45, 2.75) is 19.8 Å². The third-order valence-electron chi connectivity index (χ3n) is 2.26. The molecule has 70 valence electrons. The van der Waals surface area contributed by atoms with Crippen LogP contribution in [0.25, 0.3) is 0 Å². The molecule has 0 atom stereocenters. The molecule has 0 amide bonds. The molecule has 1 nitrogen and oxygen atoms in total. The summed E-state index contributed by atoms with van der Waals surface area (Å²) in [6.07, 6.45) is 2.62. The Morgan fingerprint density at radius 1 is 1.46 bits per heavy atom. The van der Waals surface area contributed by atoms with Gasteiger partial charge in [0.1, 0.15) is 5.75 Å². The molecular formula is C11H13ClO. The van der Waals surface area contributed by atoms with Gasteiger partial charge in [-0.05, 0) is 43.4 Å². The van der Waals surface area contributed by atoms with E-state index in [1.165, 1.54) is 18.4 Å². The van der Waals surface area contributed by atoms with Crippen LogP contribution in [0.15, 0.2) is 18.2 Å². The molecule has 0 N–H and O–H groups in total. The summed E-state index contributed by atoms with van der Waals surface area (Å²) in [6.45, 7) is 2.86. The van der Waals surface area contributed by atoms with E-state index in [0.717, 1.165) is 18.3 Å². The van der Waals surface area contributed by atoms with Crippen LogP contribution in [0, 0.1) is 12.8 Å². The average molecular weight is 197 g/mol. The lowest BCUT2D eigenvalue weighted by atomic mass is 10.2. The lowest BCUT2D eigenvalue weighted by Crippen LogP contribution is -1.99. The second-order valence-corrected chi connectivity index (χ2v) is 4.10. The first-order valence-electron chi connectivity index (χ1n) is 4.64. The predicted molar refractivity (Wildman–Crippen MR) is 54.4 cm³/mol. The Hall–Kier alpha value is -0.690. The largest absolute Gasteiger partial charge is 0.492 e. The summed E-state index contributed by atoms with van der Waals surface area (Å²) in [5.74, 6) is 1.60. The first-order chi connectivity index (χ1) is 6.25. The summed E-state index contributed by atoms with van der Waals surface area (Å²) < 4.78 is 5.61. The van der Waals surface area contributed by atoms with E-state index in [-0.39, 0.29) is 0 Å². The van der Waals surface area contributed by atoms with Gasteiger partial charge < -0.3 is 4.74 Å². The van der Waals surface area contributed by atoms with Crippen LogP contribution in [0.4, 0.5) is 0 Å².